The number of hydrogen-bond acceptors (Lipinski definition) is 6. The number of carbonyl (C=O) groups is 2. The fourth-order valence-electron chi connectivity index (χ4n) is 3.74. The number of carbonyl (C=O) groups excluding carboxylic acids is 2. The highest BCUT2D eigenvalue weighted by molar-refractivity contribution is 6.46. The molecular weight excluding hydrogens is 469 g/mol. The van der Waals surface area contributed by atoms with Crippen molar-refractivity contribution in [3.63, 3.8) is 0 Å². The fourth-order valence-corrected chi connectivity index (χ4v) is 4.31. The number of halogens is 2. The molecule has 2 aromatic rings. The number of rotatable bonds is 8. The lowest BCUT2D eigenvalue weighted by molar-refractivity contribution is -0.140. The Morgan fingerprint density at radius 3 is 2.48 bits per heavy atom. The summed E-state index contributed by atoms with van der Waals surface area (Å²) in [6.45, 7) is 4.12. The van der Waals surface area contributed by atoms with Gasteiger partial charge in [0.1, 0.15) is 17.3 Å². The average molecular weight is 494 g/mol. The number of benzene rings is 2. The van der Waals surface area contributed by atoms with Gasteiger partial charge in [-0.1, -0.05) is 35.3 Å². The summed E-state index contributed by atoms with van der Waals surface area (Å²) in [4.78, 5) is 27.5. The third-order valence-electron chi connectivity index (χ3n) is 5.20. The van der Waals surface area contributed by atoms with Crippen LogP contribution in [0.15, 0.2) is 42.0 Å². The minimum absolute atomic E-state index is 0.0463. The molecule has 1 heterocycles. The molecule has 1 fully saturated rings. The maximum atomic E-state index is 13.1. The zero-order chi connectivity index (χ0) is 24.3. The molecule has 33 heavy (non-hydrogen) atoms. The van der Waals surface area contributed by atoms with E-state index < -0.39 is 23.5 Å². The van der Waals surface area contributed by atoms with Crippen LogP contribution in [0, 0.1) is 0 Å². The van der Waals surface area contributed by atoms with Crippen molar-refractivity contribution in [2.75, 3.05) is 27.4 Å². The molecule has 1 saturated heterocycles. The van der Waals surface area contributed by atoms with Crippen LogP contribution in [-0.2, 0) is 14.3 Å². The topological polar surface area (TPSA) is 85.3 Å². The summed E-state index contributed by atoms with van der Waals surface area (Å²) < 4.78 is 16.3. The summed E-state index contributed by atoms with van der Waals surface area (Å²) >= 11 is 12.4. The standard InChI is InChI=1S/C24H25Cl2NO6/c1-13(2)33-9-8-27-20(14-6-5-7-16(10-14)31-3)19(22(29)24(27)30)21(28)17-11-15(25)12-18(26)23(17)32-4/h5-7,10-13,20,28H,8-9H2,1-4H3/b21-19+. The predicted octanol–water partition coefficient (Wildman–Crippen LogP) is 4.86. The highest BCUT2D eigenvalue weighted by atomic mass is 35.5. The number of amides is 1. The van der Waals surface area contributed by atoms with Crippen molar-refractivity contribution in [2.45, 2.75) is 26.0 Å². The first-order chi connectivity index (χ1) is 15.7. The number of ether oxygens (including phenoxy) is 3. The van der Waals surface area contributed by atoms with E-state index in [0.717, 1.165) is 0 Å². The van der Waals surface area contributed by atoms with Gasteiger partial charge in [-0.3, -0.25) is 9.59 Å². The molecule has 0 aromatic heterocycles. The van der Waals surface area contributed by atoms with E-state index in [-0.39, 0.29) is 46.2 Å². The second-order valence-corrected chi connectivity index (χ2v) is 8.50. The normalized spacial score (nSPS) is 17.7. The summed E-state index contributed by atoms with van der Waals surface area (Å²) in [5, 5.41) is 11.7. The number of nitrogens with zero attached hydrogens (tertiary/aromatic N) is 1. The van der Waals surface area contributed by atoms with Crippen LogP contribution in [0.1, 0.15) is 31.0 Å². The lowest BCUT2D eigenvalue weighted by Gasteiger charge is -2.26. The Morgan fingerprint density at radius 2 is 1.85 bits per heavy atom. The first kappa shape index (κ1) is 24.9. The lowest BCUT2D eigenvalue weighted by Crippen LogP contribution is -2.33. The summed E-state index contributed by atoms with van der Waals surface area (Å²) in [6.07, 6.45) is -0.0463. The Hall–Kier alpha value is -2.74. The second-order valence-electron chi connectivity index (χ2n) is 7.66. The summed E-state index contributed by atoms with van der Waals surface area (Å²) in [5.41, 5.74) is 0.598. The van der Waals surface area contributed by atoms with Gasteiger partial charge in [0, 0.05) is 11.6 Å². The van der Waals surface area contributed by atoms with Crippen LogP contribution in [0.2, 0.25) is 10.0 Å². The molecule has 1 unspecified atom stereocenters. The van der Waals surface area contributed by atoms with E-state index >= 15 is 0 Å². The number of methoxy groups -OCH3 is 2. The van der Waals surface area contributed by atoms with E-state index in [1.54, 1.807) is 24.3 Å². The number of aliphatic hydroxyl groups excluding tert-OH is 1. The quantitative estimate of drug-likeness (QED) is 0.321. The highest BCUT2D eigenvalue weighted by Gasteiger charge is 2.46. The van der Waals surface area contributed by atoms with Gasteiger partial charge in [-0.15, -0.1) is 0 Å². The van der Waals surface area contributed by atoms with Gasteiger partial charge in [0.05, 0.1) is 49.1 Å². The Balaban J connectivity index is 2.21. The number of Topliss-reactive ketones (excluding diaryl/α,β-unsaturated/α-hetero) is 1. The molecule has 2 aromatic carbocycles. The van der Waals surface area contributed by atoms with E-state index in [1.807, 2.05) is 13.8 Å². The molecule has 7 nitrogen and oxygen atoms in total. The van der Waals surface area contributed by atoms with E-state index in [0.29, 0.717) is 11.3 Å². The number of likely N-dealkylation sites (tertiary alicyclic amines) is 1. The van der Waals surface area contributed by atoms with Crippen LogP contribution in [0.3, 0.4) is 0 Å². The SMILES string of the molecule is COc1cccc(C2/C(=C(\O)c3cc(Cl)cc(Cl)c3OC)C(=O)C(=O)N2CCOC(C)C)c1. The van der Waals surface area contributed by atoms with Gasteiger partial charge in [-0.2, -0.15) is 0 Å². The average Bonchev–Trinajstić information content (AvgIpc) is 3.03. The van der Waals surface area contributed by atoms with E-state index in [2.05, 4.69) is 0 Å². The fraction of sp³-hybridized carbons (Fsp3) is 0.333. The van der Waals surface area contributed by atoms with E-state index in [1.165, 1.54) is 31.3 Å². The molecule has 1 N–H and O–H groups in total. The van der Waals surface area contributed by atoms with Gasteiger partial charge < -0.3 is 24.2 Å². The summed E-state index contributed by atoms with van der Waals surface area (Å²) in [5.74, 6) is -1.33. The largest absolute Gasteiger partial charge is 0.507 e. The molecule has 1 atom stereocenters. The van der Waals surface area contributed by atoms with Crippen molar-refractivity contribution < 1.29 is 28.9 Å². The molecule has 0 saturated carbocycles. The van der Waals surface area contributed by atoms with Gasteiger partial charge in [0.2, 0.25) is 0 Å². The van der Waals surface area contributed by atoms with Gasteiger partial charge in [-0.05, 0) is 43.7 Å². The Labute approximate surface area is 202 Å². The van der Waals surface area contributed by atoms with Crippen LogP contribution >= 0.6 is 23.2 Å². The minimum Gasteiger partial charge on any atom is -0.507 e. The first-order valence-electron chi connectivity index (χ1n) is 10.3. The van der Waals surface area contributed by atoms with Crippen molar-refractivity contribution in [1.82, 2.24) is 4.90 Å². The van der Waals surface area contributed by atoms with Gasteiger partial charge in [0.15, 0.2) is 0 Å². The molecule has 1 aliphatic heterocycles. The zero-order valence-electron chi connectivity index (χ0n) is 18.7. The summed E-state index contributed by atoms with van der Waals surface area (Å²) in [6, 6.07) is 8.97. The van der Waals surface area contributed by atoms with Crippen molar-refractivity contribution in [3.8, 4) is 11.5 Å². The van der Waals surface area contributed by atoms with Crippen LogP contribution < -0.4 is 9.47 Å². The molecule has 0 spiro atoms. The molecule has 176 valence electrons. The molecule has 0 bridgehead atoms. The van der Waals surface area contributed by atoms with Crippen LogP contribution in [-0.4, -0.2) is 55.2 Å². The van der Waals surface area contributed by atoms with Crippen LogP contribution in [0.5, 0.6) is 11.5 Å². The summed E-state index contributed by atoms with van der Waals surface area (Å²) in [7, 11) is 2.90. The molecule has 3 rings (SSSR count). The maximum Gasteiger partial charge on any atom is 0.295 e. The maximum absolute atomic E-state index is 13.1. The highest BCUT2D eigenvalue weighted by Crippen LogP contribution is 2.43. The van der Waals surface area contributed by atoms with E-state index in [4.69, 9.17) is 37.4 Å². The Bertz CT molecular complexity index is 1100. The van der Waals surface area contributed by atoms with Crippen molar-refractivity contribution in [2.24, 2.45) is 0 Å². The van der Waals surface area contributed by atoms with Crippen LogP contribution in [0.25, 0.3) is 5.76 Å². The smallest absolute Gasteiger partial charge is 0.295 e. The minimum atomic E-state index is -0.877. The third-order valence-corrected chi connectivity index (χ3v) is 5.70. The van der Waals surface area contributed by atoms with Gasteiger partial charge in [-0.25, -0.2) is 0 Å². The number of hydrogen-bond donors (Lipinski definition) is 1. The Kier molecular flexibility index (Phi) is 7.89. The zero-order valence-corrected chi connectivity index (χ0v) is 20.2. The molecule has 1 aliphatic rings. The van der Waals surface area contributed by atoms with Crippen molar-refractivity contribution in [1.29, 1.82) is 0 Å². The number of aliphatic hydroxyl groups is 1. The van der Waals surface area contributed by atoms with Crippen molar-refractivity contribution >= 4 is 40.7 Å². The molecule has 1 amide bonds. The third kappa shape index (κ3) is 5.11. The molecule has 0 aliphatic carbocycles. The monoisotopic (exact) mass is 493 g/mol. The molecular formula is C24H25Cl2NO6. The Morgan fingerprint density at radius 1 is 1.12 bits per heavy atom. The van der Waals surface area contributed by atoms with Crippen LogP contribution in [0.4, 0.5) is 0 Å². The second kappa shape index (κ2) is 10.5. The molecule has 9 heteroatoms. The van der Waals surface area contributed by atoms with Crippen molar-refractivity contribution in [3.05, 3.63) is 63.1 Å². The molecule has 0 radical (unpaired) electrons. The van der Waals surface area contributed by atoms with Gasteiger partial charge >= 0.3 is 0 Å². The van der Waals surface area contributed by atoms with E-state index in [9.17, 15) is 14.7 Å². The van der Waals surface area contributed by atoms with Gasteiger partial charge in [0.25, 0.3) is 11.7 Å². The first-order valence-corrected chi connectivity index (χ1v) is 11.0. The number of ketones is 1. The lowest BCUT2D eigenvalue weighted by atomic mass is 9.95. The predicted molar refractivity (Wildman–Crippen MR) is 126 cm³/mol.